The summed E-state index contributed by atoms with van der Waals surface area (Å²) in [5.74, 6) is 1.56. The number of rotatable bonds is 8. The summed E-state index contributed by atoms with van der Waals surface area (Å²) >= 11 is 6.16. The average Bonchev–Trinajstić information content (AvgIpc) is 2.77. The van der Waals surface area contributed by atoms with Gasteiger partial charge in [-0.3, -0.25) is 4.79 Å². The van der Waals surface area contributed by atoms with Gasteiger partial charge in [0.25, 0.3) is 5.91 Å². The second-order valence-electron chi connectivity index (χ2n) is 6.28. The Morgan fingerprint density at radius 3 is 2.52 bits per heavy atom. The number of carbonyl (C=O) groups excluding carboxylic acids is 1. The van der Waals surface area contributed by atoms with Gasteiger partial charge in [0.1, 0.15) is 12.4 Å². The lowest BCUT2D eigenvalue weighted by atomic mass is 10.1. The van der Waals surface area contributed by atoms with Crippen molar-refractivity contribution in [2.45, 2.75) is 13.2 Å². The van der Waals surface area contributed by atoms with Gasteiger partial charge in [0, 0.05) is 22.7 Å². The van der Waals surface area contributed by atoms with E-state index in [0.29, 0.717) is 35.2 Å². The van der Waals surface area contributed by atoms with E-state index in [4.69, 9.17) is 25.8 Å². The van der Waals surface area contributed by atoms with Gasteiger partial charge in [-0.05, 0) is 42.0 Å². The molecule has 5 nitrogen and oxygen atoms in total. The Morgan fingerprint density at radius 2 is 1.76 bits per heavy atom. The third-order valence-electron chi connectivity index (χ3n) is 4.35. The summed E-state index contributed by atoms with van der Waals surface area (Å²) in [6.07, 6.45) is 0. The van der Waals surface area contributed by atoms with E-state index in [9.17, 15) is 4.79 Å². The zero-order chi connectivity index (χ0) is 20.6. The van der Waals surface area contributed by atoms with Gasteiger partial charge in [-0.15, -0.1) is 0 Å². The summed E-state index contributed by atoms with van der Waals surface area (Å²) in [7, 11) is 3.15. The molecule has 0 fully saturated rings. The molecule has 6 heteroatoms. The summed E-state index contributed by atoms with van der Waals surface area (Å²) in [6, 6.07) is 20.1. The number of hydrogen-bond donors (Lipinski definition) is 1. The van der Waals surface area contributed by atoms with Crippen LogP contribution >= 0.6 is 11.6 Å². The molecular weight excluding hydrogens is 390 g/mol. The van der Waals surface area contributed by atoms with E-state index in [1.165, 1.54) is 7.11 Å². The molecule has 29 heavy (non-hydrogen) atoms. The van der Waals surface area contributed by atoms with Gasteiger partial charge in [0.05, 0.1) is 14.2 Å². The molecule has 0 atom stereocenters. The largest absolute Gasteiger partial charge is 0.497 e. The van der Waals surface area contributed by atoms with Gasteiger partial charge in [0.15, 0.2) is 11.5 Å². The summed E-state index contributed by atoms with van der Waals surface area (Å²) < 4.78 is 16.4. The van der Waals surface area contributed by atoms with Crippen LogP contribution in [-0.4, -0.2) is 20.1 Å². The number of amides is 1. The van der Waals surface area contributed by atoms with Crippen LogP contribution in [0.4, 0.5) is 0 Å². The monoisotopic (exact) mass is 411 g/mol. The minimum atomic E-state index is -0.205. The quantitative estimate of drug-likeness (QED) is 0.574. The number of hydrogen-bond acceptors (Lipinski definition) is 4. The van der Waals surface area contributed by atoms with E-state index in [0.717, 1.165) is 16.9 Å². The van der Waals surface area contributed by atoms with Gasteiger partial charge < -0.3 is 19.5 Å². The highest BCUT2D eigenvalue weighted by Crippen LogP contribution is 2.29. The highest BCUT2D eigenvalue weighted by molar-refractivity contribution is 6.31. The van der Waals surface area contributed by atoms with Crippen molar-refractivity contribution in [3.8, 4) is 17.2 Å². The molecule has 0 radical (unpaired) electrons. The molecule has 0 heterocycles. The number of methoxy groups -OCH3 is 2. The summed E-state index contributed by atoms with van der Waals surface area (Å²) in [5.41, 5.74) is 2.30. The Kier molecular flexibility index (Phi) is 6.98. The zero-order valence-corrected chi connectivity index (χ0v) is 17.0. The second-order valence-corrected chi connectivity index (χ2v) is 6.69. The molecule has 0 spiro atoms. The Labute approximate surface area is 175 Å². The summed E-state index contributed by atoms with van der Waals surface area (Å²) in [4.78, 5) is 12.5. The van der Waals surface area contributed by atoms with Crippen molar-refractivity contribution < 1.29 is 19.0 Å². The number of ether oxygens (including phenoxy) is 3. The number of carbonyl (C=O) groups is 1. The van der Waals surface area contributed by atoms with E-state index < -0.39 is 0 Å². The molecule has 0 bridgehead atoms. The molecule has 0 saturated heterocycles. The third-order valence-corrected chi connectivity index (χ3v) is 4.72. The maximum atomic E-state index is 12.5. The van der Waals surface area contributed by atoms with Crippen molar-refractivity contribution in [3.05, 3.63) is 88.4 Å². The molecule has 150 valence electrons. The van der Waals surface area contributed by atoms with Crippen molar-refractivity contribution in [1.29, 1.82) is 0 Å². The summed E-state index contributed by atoms with van der Waals surface area (Å²) in [6.45, 7) is 0.695. The van der Waals surface area contributed by atoms with Crippen molar-refractivity contribution >= 4 is 17.5 Å². The van der Waals surface area contributed by atoms with Crippen molar-refractivity contribution in [2.24, 2.45) is 0 Å². The average molecular weight is 412 g/mol. The van der Waals surface area contributed by atoms with Gasteiger partial charge in [-0.25, -0.2) is 0 Å². The predicted octanol–water partition coefficient (Wildman–Crippen LogP) is 4.87. The molecule has 0 aliphatic heterocycles. The topological polar surface area (TPSA) is 56.8 Å². The minimum absolute atomic E-state index is 0.205. The van der Waals surface area contributed by atoms with Gasteiger partial charge in [0.2, 0.25) is 0 Å². The van der Waals surface area contributed by atoms with Gasteiger partial charge in [-0.2, -0.15) is 0 Å². The zero-order valence-electron chi connectivity index (χ0n) is 16.3. The van der Waals surface area contributed by atoms with E-state index in [2.05, 4.69) is 5.32 Å². The lowest BCUT2D eigenvalue weighted by Crippen LogP contribution is -2.22. The van der Waals surface area contributed by atoms with Crippen molar-refractivity contribution in [3.63, 3.8) is 0 Å². The lowest BCUT2D eigenvalue weighted by molar-refractivity contribution is 0.0950. The highest BCUT2D eigenvalue weighted by atomic mass is 35.5. The molecule has 3 aromatic carbocycles. The SMILES string of the molecule is COc1cccc(CNC(=O)c2ccc(OCc3ccccc3Cl)c(OC)c2)c1. The van der Waals surface area contributed by atoms with Crippen LogP contribution in [0.2, 0.25) is 5.02 Å². The normalized spacial score (nSPS) is 10.3. The first-order valence-electron chi connectivity index (χ1n) is 9.06. The van der Waals surface area contributed by atoms with Gasteiger partial charge in [-0.1, -0.05) is 41.9 Å². The summed E-state index contributed by atoms with van der Waals surface area (Å²) in [5, 5.41) is 3.53. The first-order chi connectivity index (χ1) is 14.1. The Bertz CT molecular complexity index is 990. The fourth-order valence-electron chi connectivity index (χ4n) is 2.77. The van der Waals surface area contributed by atoms with E-state index in [-0.39, 0.29) is 5.91 Å². The minimum Gasteiger partial charge on any atom is -0.497 e. The molecule has 0 saturated carbocycles. The molecule has 0 aliphatic carbocycles. The van der Waals surface area contributed by atoms with Crippen LogP contribution in [0.5, 0.6) is 17.2 Å². The fraction of sp³-hybridized carbons (Fsp3) is 0.174. The van der Waals surface area contributed by atoms with Crippen LogP contribution < -0.4 is 19.5 Å². The van der Waals surface area contributed by atoms with Crippen LogP contribution in [0.3, 0.4) is 0 Å². The first kappa shape index (κ1) is 20.6. The number of benzene rings is 3. The Morgan fingerprint density at radius 1 is 0.931 bits per heavy atom. The maximum Gasteiger partial charge on any atom is 0.251 e. The maximum absolute atomic E-state index is 12.5. The standard InChI is InChI=1S/C23H22ClNO4/c1-27-19-8-5-6-16(12-19)14-25-23(26)17-10-11-21(22(13-17)28-2)29-15-18-7-3-4-9-20(18)24/h3-13H,14-15H2,1-2H3,(H,25,26). The van der Waals surface area contributed by atoms with E-state index in [1.807, 2.05) is 48.5 Å². The lowest BCUT2D eigenvalue weighted by Gasteiger charge is -2.13. The van der Waals surface area contributed by atoms with Crippen LogP contribution in [-0.2, 0) is 13.2 Å². The van der Waals surface area contributed by atoms with Crippen molar-refractivity contribution in [1.82, 2.24) is 5.32 Å². The molecule has 1 N–H and O–H groups in total. The molecule has 0 aliphatic rings. The first-order valence-corrected chi connectivity index (χ1v) is 9.44. The molecular formula is C23H22ClNO4. The van der Waals surface area contributed by atoms with E-state index in [1.54, 1.807) is 25.3 Å². The predicted molar refractivity (Wildman–Crippen MR) is 113 cm³/mol. The Balaban J connectivity index is 1.65. The van der Waals surface area contributed by atoms with Gasteiger partial charge >= 0.3 is 0 Å². The second kappa shape index (κ2) is 9.85. The molecule has 1 amide bonds. The van der Waals surface area contributed by atoms with Crippen LogP contribution in [0, 0.1) is 0 Å². The molecule has 0 unspecified atom stereocenters. The molecule has 3 rings (SSSR count). The van der Waals surface area contributed by atoms with Crippen LogP contribution in [0.15, 0.2) is 66.7 Å². The third kappa shape index (κ3) is 5.42. The van der Waals surface area contributed by atoms with Crippen molar-refractivity contribution in [2.75, 3.05) is 14.2 Å². The molecule has 0 aromatic heterocycles. The van der Waals surface area contributed by atoms with Crippen LogP contribution in [0.1, 0.15) is 21.5 Å². The van der Waals surface area contributed by atoms with E-state index >= 15 is 0 Å². The highest BCUT2D eigenvalue weighted by Gasteiger charge is 2.12. The van der Waals surface area contributed by atoms with Crippen LogP contribution in [0.25, 0.3) is 0 Å². The smallest absolute Gasteiger partial charge is 0.251 e. The number of nitrogens with one attached hydrogen (secondary N) is 1. The number of halogens is 1. The molecule has 3 aromatic rings. The Hall–Kier alpha value is -3.18. The fourth-order valence-corrected chi connectivity index (χ4v) is 2.96.